The third kappa shape index (κ3) is 5.03. The van der Waals surface area contributed by atoms with Crippen molar-refractivity contribution in [1.29, 1.82) is 0 Å². The predicted octanol–water partition coefficient (Wildman–Crippen LogP) is 4.68. The highest BCUT2D eigenvalue weighted by molar-refractivity contribution is 6.12. The van der Waals surface area contributed by atoms with Gasteiger partial charge in [-0.2, -0.15) is 0 Å². The van der Waals surface area contributed by atoms with Crippen LogP contribution in [0.1, 0.15) is 41.5 Å². The van der Waals surface area contributed by atoms with E-state index in [2.05, 4.69) is 17.9 Å². The Kier molecular flexibility index (Phi) is 11.7. The molecule has 0 saturated heterocycles. The van der Waals surface area contributed by atoms with Gasteiger partial charge in [0.1, 0.15) is 0 Å². The molecule has 0 fully saturated rings. The Hall–Kier alpha value is -2.16. The number of carbonyl (C=O) groups excluding carboxylic acids is 2. The van der Waals surface area contributed by atoms with Crippen LogP contribution >= 0.6 is 0 Å². The molecule has 0 aromatic rings. The first-order chi connectivity index (χ1) is 10.1. The number of hydrogen-bond acceptors (Lipinski definition) is 3. The van der Waals surface area contributed by atoms with Gasteiger partial charge in [-0.1, -0.05) is 65.2 Å². The third-order valence-corrected chi connectivity index (χ3v) is 2.48. The van der Waals surface area contributed by atoms with Crippen molar-refractivity contribution in [3.8, 4) is 0 Å². The molecule has 0 atom stereocenters. The largest absolute Gasteiger partial charge is 0.386 e. The van der Waals surface area contributed by atoms with Crippen molar-refractivity contribution in [2.45, 2.75) is 41.5 Å². The highest BCUT2D eigenvalue weighted by atomic mass is 16.6. The summed E-state index contributed by atoms with van der Waals surface area (Å²) in [5.74, 6) is -1.31. The lowest BCUT2D eigenvalue weighted by Crippen LogP contribution is -2.24. The van der Waals surface area contributed by atoms with Gasteiger partial charge in [0.15, 0.2) is 0 Å². The zero-order chi connectivity index (χ0) is 17.0. The van der Waals surface area contributed by atoms with Gasteiger partial charge >= 0.3 is 11.9 Å². The van der Waals surface area contributed by atoms with Crippen LogP contribution in [0.25, 0.3) is 0 Å². The molecule has 3 heteroatoms. The molecule has 0 spiro atoms. The van der Waals surface area contributed by atoms with E-state index >= 15 is 0 Å². The lowest BCUT2D eigenvalue weighted by Gasteiger charge is -2.19. The first kappa shape index (κ1) is 21.1. The van der Waals surface area contributed by atoms with E-state index in [0.29, 0.717) is 16.7 Å². The summed E-state index contributed by atoms with van der Waals surface area (Å²) in [5, 5.41) is 0. The van der Waals surface area contributed by atoms with Crippen molar-refractivity contribution >= 4 is 11.9 Å². The molecular weight excluding hydrogens is 264 g/mol. The number of carbonyl (C=O) groups is 2. The van der Waals surface area contributed by atoms with E-state index in [1.165, 1.54) is 6.08 Å². The summed E-state index contributed by atoms with van der Waals surface area (Å²) in [4.78, 5) is 23.2. The summed E-state index contributed by atoms with van der Waals surface area (Å²) in [6, 6.07) is 0. The zero-order valence-electron chi connectivity index (χ0n) is 13.9. The summed E-state index contributed by atoms with van der Waals surface area (Å²) in [6.45, 7) is 18.8. The molecule has 1 heterocycles. The maximum Gasteiger partial charge on any atom is 0.346 e. The summed E-state index contributed by atoms with van der Waals surface area (Å²) in [7, 11) is 0. The Morgan fingerprint density at radius 1 is 1.00 bits per heavy atom. The number of esters is 2. The lowest BCUT2D eigenvalue weighted by atomic mass is 9.90. The summed E-state index contributed by atoms with van der Waals surface area (Å²) >= 11 is 0. The van der Waals surface area contributed by atoms with Gasteiger partial charge in [0.05, 0.1) is 11.1 Å². The Bertz CT molecular complexity index is 489. The van der Waals surface area contributed by atoms with Gasteiger partial charge in [0.2, 0.25) is 0 Å². The van der Waals surface area contributed by atoms with E-state index in [1.54, 1.807) is 25.2 Å². The van der Waals surface area contributed by atoms with E-state index in [0.717, 1.165) is 0 Å². The molecule has 1 rings (SSSR count). The Morgan fingerprint density at radius 3 is 1.86 bits per heavy atom. The normalized spacial score (nSPS) is 16.3. The molecule has 0 aromatic heterocycles. The van der Waals surface area contributed by atoms with Crippen molar-refractivity contribution in [3.05, 3.63) is 59.8 Å². The molecule has 0 unspecified atom stereocenters. The van der Waals surface area contributed by atoms with Crippen LogP contribution in [0.3, 0.4) is 0 Å². The highest BCUT2D eigenvalue weighted by Gasteiger charge is 2.31. The average Bonchev–Trinajstić information content (AvgIpc) is 2.52. The monoisotopic (exact) mass is 290 g/mol. The van der Waals surface area contributed by atoms with Gasteiger partial charge in [-0.05, 0) is 19.4 Å². The molecule has 0 bridgehead atoms. The van der Waals surface area contributed by atoms with Gasteiger partial charge < -0.3 is 4.74 Å². The van der Waals surface area contributed by atoms with Crippen LogP contribution in [0.15, 0.2) is 59.8 Å². The molecule has 3 nitrogen and oxygen atoms in total. The van der Waals surface area contributed by atoms with Crippen LogP contribution < -0.4 is 0 Å². The molecule has 1 aliphatic rings. The van der Waals surface area contributed by atoms with Crippen molar-refractivity contribution in [2.75, 3.05) is 0 Å². The fourth-order valence-electron chi connectivity index (χ4n) is 1.67. The fourth-order valence-corrected chi connectivity index (χ4v) is 1.67. The molecule has 1 aliphatic heterocycles. The molecular formula is C18H26O3. The van der Waals surface area contributed by atoms with Gasteiger partial charge in [-0.15, -0.1) is 0 Å². The Morgan fingerprint density at radius 2 is 1.52 bits per heavy atom. The van der Waals surface area contributed by atoms with Crippen LogP contribution in [0.2, 0.25) is 0 Å². The van der Waals surface area contributed by atoms with Crippen LogP contribution in [0.5, 0.6) is 0 Å². The van der Waals surface area contributed by atoms with Gasteiger partial charge in [0.25, 0.3) is 0 Å². The molecule has 0 aromatic carbocycles. The minimum absolute atomic E-state index is 0.283. The maximum absolute atomic E-state index is 11.6. The van der Waals surface area contributed by atoms with E-state index in [9.17, 15) is 9.59 Å². The second-order valence-electron chi connectivity index (χ2n) is 3.32. The van der Waals surface area contributed by atoms with Crippen LogP contribution in [-0.2, 0) is 14.3 Å². The standard InChI is InChI=1S/C14H14O3.2C2H6/c1-5-9(6-2)12-10(7-3)13(15)17-14(16)11(12)8-4;2*1-2/h5-8H,1,3H2,2,4H3;2*1-2H3/b9-6-,11-8+;;. The van der Waals surface area contributed by atoms with Gasteiger partial charge in [0, 0.05) is 5.57 Å². The Labute approximate surface area is 128 Å². The van der Waals surface area contributed by atoms with E-state index in [-0.39, 0.29) is 5.57 Å². The first-order valence-electron chi connectivity index (χ1n) is 7.19. The highest BCUT2D eigenvalue weighted by Crippen LogP contribution is 2.30. The van der Waals surface area contributed by atoms with Gasteiger partial charge in [-0.3, -0.25) is 0 Å². The third-order valence-electron chi connectivity index (χ3n) is 2.48. The maximum atomic E-state index is 11.6. The summed E-state index contributed by atoms with van der Waals surface area (Å²) in [6.07, 6.45) is 6.37. The molecule has 0 saturated carbocycles. The van der Waals surface area contributed by atoms with Gasteiger partial charge in [-0.25, -0.2) is 9.59 Å². The average molecular weight is 290 g/mol. The molecule has 0 aliphatic carbocycles. The van der Waals surface area contributed by atoms with E-state index in [4.69, 9.17) is 0 Å². The number of allylic oxidation sites excluding steroid dienone is 4. The predicted molar refractivity (Wildman–Crippen MR) is 88.7 cm³/mol. The number of ether oxygens (including phenoxy) is 1. The number of hydrogen-bond donors (Lipinski definition) is 0. The molecule has 0 amide bonds. The zero-order valence-corrected chi connectivity index (χ0v) is 13.9. The molecule has 21 heavy (non-hydrogen) atoms. The molecule has 116 valence electrons. The van der Waals surface area contributed by atoms with Crippen molar-refractivity contribution < 1.29 is 14.3 Å². The molecule has 0 radical (unpaired) electrons. The topological polar surface area (TPSA) is 43.4 Å². The van der Waals surface area contributed by atoms with Crippen LogP contribution in [0, 0.1) is 0 Å². The van der Waals surface area contributed by atoms with E-state index in [1.807, 2.05) is 34.6 Å². The Balaban J connectivity index is 0. The first-order valence-corrected chi connectivity index (χ1v) is 7.19. The van der Waals surface area contributed by atoms with Crippen LogP contribution in [-0.4, -0.2) is 11.9 Å². The second-order valence-corrected chi connectivity index (χ2v) is 3.32. The second kappa shape index (κ2) is 11.6. The quantitative estimate of drug-likeness (QED) is 0.328. The minimum atomic E-state index is -0.674. The lowest BCUT2D eigenvalue weighted by molar-refractivity contribution is -0.154. The fraction of sp³-hybridized carbons (Fsp3) is 0.333. The van der Waals surface area contributed by atoms with Crippen LogP contribution in [0.4, 0.5) is 0 Å². The smallest absolute Gasteiger partial charge is 0.346 e. The van der Waals surface area contributed by atoms with E-state index < -0.39 is 11.9 Å². The van der Waals surface area contributed by atoms with Crippen molar-refractivity contribution in [1.82, 2.24) is 0 Å². The van der Waals surface area contributed by atoms with Crippen molar-refractivity contribution in [2.24, 2.45) is 0 Å². The number of cyclic esters (lactones) is 2. The summed E-state index contributed by atoms with van der Waals surface area (Å²) < 4.78 is 4.63. The molecule has 0 N–H and O–H groups in total. The SMILES string of the molecule is C=CC1=C(/C(C=C)=C\C)/C(=C\C)C(=O)OC1=O.CC.CC. The van der Waals surface area contributed by atoms with Crippen molar-refractivity contribution in [3.63, 3.8) is 0 Å². The minimum Gasteiger partial charge on any atom is -0.386 e. The number of rotatable bonds is 3. The summed E-state index contributed by atoms with van der Waals surface area (Å²) in [5.41, 5.74) is 1.87.